The van der Waals surface area contributed by atoms with Crippen molar-refractivity contribution in [2.24, 2.45) is 0 Å². The Bertz CT molecular complexity index is 187. The Morgan fingerprint density at radius 1 is 1.78 bits per heavy atom. The summed E-state index contributed by atoms with van der Waals surface area (Å²) in [5, 5.41) is 12.3. The molecule has 0 aromatic carbocycles. The van der Waals surface area contributed by atoms with E-state index in [4.69, 9.17) is 13.0 Å². The van der Waals surface area contributed by atoms with E-state index < -0.39 is 0 Å². The maximum atomic E-state index is 8.43. The molecule has 1 aromatic rings. The molecule has 0 spiro atoms. The average Bonchev–Trinajstić information content (AvgIpc) is 2.17. The average molecular weight is 122 g/mol. The van der Waals surface area contributed by atoms with Crippen LogP contribution < -0.4 is 5.59 Å². The Balaban J connectivity index is 2.61. The third kappa shape index (κ3) is 1.57. The topological polar surface area (TPSA) is 38.0 Å². The number of aliphatic hydroxyl groups is 1. The van der Waals surface area contributed by atoms with Gasteiger partial charge in [-0.2, -0.15) is 5.10 Å². The minimum absolute atomic E-state index is 0.0983. The van der Waals surface area contributed by atoms with E-state index in [2.05, 4.69) is 5.10 Å². The number of aromatic nitrogens is 2. The van der Waals surface area contributed by atoms with Crippen LogP contribution in [0, 0.1) is 0 Å². The second-order valence-electron chi connectivity index (χ2n) is 1.73. The van der Waals surface area contributed by atoms with Gasteiger partial charge in [-0.1, -0.05) is 0 Å². The number of hydrogen-bond acceptors (Lipinski definition) is 2. The van der Waals surface area contributed by atoms with Crippen LogP contribution in [0.2, 0.25) is 0 Å². The first-order chi connectivity index (χ1) is 4.33. The highest BCUT2D eigenvalue weighted by molar-refractivity contribution is 6.30. The molecule has 0 aliphatic heterocycles. The summed E-state index contributed by atoms with van der Waals surface area (Å²) in [5.74, 6) is 0. The standard InChI is InChI=1S/C5H7BN2O/c6-5-1-2-8(7-5)3-4-9/h1-2,9H,3-4H2. The third-order valence-electron chi connectivity index (χ3n) is 0.990. The van der Waals surface area contributed by atoms with Crippen LogP contribution >= 0.6 is 0 Å². The molecule has 0 aliphatic carbocycles. The van der Waals surface area contributed by atoms with Gasteiger partial charge in [0, 0.05) is 11.8 Å². The lowest BCUT2D eigenvalue weighted by Crippen LogP contribution is -2.09. The minimum Gasteiger partial charge on any atom is -0.394 e. The monoisotopic (exact) mass is 122 g/mol. The van der Waals surface area contributed by atoms with Crippen LogP contribution in [-0.2, 0) is 6.54 Å². The summed E-state index contributed by atoms with van der Waals surface area (Å²) < 4.78 is 1.59. The fourth-order valence-corrected chi connectivity index (χ4v) is 0.604. The van der Waals surface area contributed by atoms with E-state index in [9.17, 15) is 0 Å². The summed E-state index contributed by atoms with van der Waals surface area (Å²) in [6.07, 6.45) is 1.73. The van der Waals surface area contributed by atoms with Crippen molar-refractivity contribution in [1.82, 2.24) is 9.78 Å². The molecular weight excluding hydrogens is 115 g/mol. The Kier molecular flexibility index (Phi) is 1.90. The van der Waals surface area contributed by atoms with E-state index >= 15 is 0 Å². The van der Waals surface area contributed by atoms with Crippen LogP contribution in [0.15, 0.2) is 12.3 Å². The van der Waals surface area contributed by atoms with Crippen molar-refractivity contribution in [3.05, 3.63) is 12.3 Å². The van der Waals surface area contributed by atoms with Gasteiger partial charge in [0.25, 0.3) is 0 Å². The molecule has 0 amide bonds. The van der Waals surface area contributed by atoms with Crippen LogP contribution in [0.25, 0.3) is 0 Å². The lowest BCUT2D eigenvalue weighted by Gasteiger charge is -1.93. The summed E-state index contributed by atoms with van der Waals surface area (Å²) in [6, 6.07) is 1.69. The van der Waals surface area contributed by atoms with Crippen molar-refractivity contribution in [2.75, 3.05) is 6.61 Å². The van der Waals surface area contributed by atoms with Crippen LogP contribution in [0.3, 0.4) is 0 Å². The van der Waals surface area contributed by atoms with Gasteiger partial charge < -0.3 is 5.11 Å². The van der Waals surface area contributed by atoms with Gasteiger partial charge >= 0.3 is 0 Å². The number of hydrogen-bond donors (Lipinski definition) is 1. The van der Waals surface area contributed by atoms with Crippen molar-refractivity contribution in [3.63, 3.8) is 0 Å². The molecule has 0 bridgehead atoms. The second-order valence-corrected chi connectivity index (χ2v) is 1.73. The normalized spacial score (nSPS) is 9.89. The van der Waals surface area contributed by atoms with Gasteiger partial charge in [-0.15, -0.1) is 0 Å². The molecule has 0 fully saturated rings. The maximum absolute atomic E-state index is 8.43. The third-order valence-corrected chi connectivity index (χ3v) is 0.990. The smallest absolute Gasteiger partial charge is 0.144 e. The van der Waals surface area contributed by atoms with Crippen LogP contribution in [0.4, 0.5) is 0 Å². The first-order valence-electron chi connectivity index (χ1n) is 2.72. The van der Waals surface area contributed by atoms with E-state index in [0.717, 1.165) is 0 Å². The zero-order valence-electron chi connectivity index (χ0n) is 4.99. The van der Waals surface area contributed by atoms with Gasteiger partial charge in [0.05, 0.1) is 13.2 Å². The van der Waals surface area contributed by atoms with Gasteiger partial charge in [0.15, 0.2) is 0 Å². The van der Waals surface area contributed by atoms with Crippen molar-refractivity contribution >= 4 is 13.4 Å². The van der Waals surface area contributed by atoms with E-state index in [1.54, 1.807) is 16.9 Å². The molecule has 0 atom stereocenters. The molecule has 0 aliphatic rings. The maximum Gasteiger partial charge on any atom is 0.144 e. The Hall–Kier alpha value is -0.765. The molecule has 4 heteroatoms. The lowest BCUT2D eigenvalue weighted by molar-refractivity contribution is 0.269. The van der Waals surface area contributed by atoms with Crippen molar-refractivity contribution in [2.45, 2.75) is 6.54 Å². The number of aliphatic hydroxyl groups excluding tert-OH is 1. The molecule has 1 N–H and O–H groups in total. The zero-order chi connectivity index (χ0) is 6.69. The first-order valence-corrected chi connectivity index (χ1v) is 2.72. The SMILES string of the molecule is [B]c1ccn(CCO)n1. The fourth-order valence-electron chi connectivity index (χ4n) is 0.604. The molecule has 0 saturated heterocycles. The van der Waals surface area contributed by atoms with Crippen molar-refractivity contribution in [1.29, 1.82) is 0 Å². The highest BCUT2D eigenvalue weighted by atomic mass is 16.3. The van der Waals surface area contributed by atoms with Gasteiger partial charge in [0.1, 0.15) is 7.85 Å². The van der Waals surface area contributed by atoms with Crippen molar-refractivity contribution < 1.29 is 5.11 Å². The van der Waals surface area contributed by atoms with Gasteiger partial charge in [0.2, 0.25) is 0 Å². The van der Waals surface area contributed by atoms with Gasteiger partial charge in [-0.05, 0) is 6.07 Å². The Labute approximate surface area is 54.7 Å². The van der Waals surface area contributed by atoms with Crippen LogP contribution in [0.5, 0.6) is 0 Å². The molecule has 9 heavy (non-hydrogen) atoms. The molecular formula is C5H7BN2O. The van der Waals surface area contributed by atoms with E-state index in [1.165, 1.54) is 0 Å². The van der Waals surface area contributed by atoms with Crippen LogP contribution in [-0.4, -0.2) is 29.3 Å². The number of nitrogens with zero attached hydrogens (tertiary/aromatic N) is 2. The zero-order valence-corrected chi connectivity index (χ0v) is 4.99. The summed E-state index contributed by atoms with van der Waals surface area (Å²) in [4.78, 5) is 0. The van der Waals surface area contributed by atoms with Gasteiger partial charge in [-0.25, -0.2) is 0 Å². The Morgan fingerprint density at radius 3 is 3.00 bits per heavy atom. The quantitative estimate of drug-likeness (QED) is 0.493. The first kappa shape index (κ1) is 6.36. The summed E-state index contributed by atoms with van der Waals surface area (Å²) in [5.41, 5.74) is 0.489. The highest BCUT2D eigenvalue weighted by Crippen LogP contribution is 1.78. The lowest BCUT2D eigenvalue weighted by atomic mass is 10.1. The van der Waals surface area contributed by atoms with E-state index in [1.807, 2.05) is 0 Å². The molecule has 1 heterocycles. The highest BCUT2D eigenvalue weighted by Gasteiger charge is 1.89. The van der Waals surface area contributed by atoms with Crippen LogP contribution in [0.1, 0.15) is 0 Å². The van der Waals surface area contributed by atoms with E-state index in [0.29, 0.717) is 12.1 Å². The Morgan fingerprint density at radius 2 is 2.56 bits per heavy atom. The fraction of sp³-hybridized carbons (Fsp3) is 0.400. The predicted octanol–water partition coefficient (Wildman–Crippen LogP) is -1.33. The summed E-state index contributed by atoms with van der Waals surface area (Å²) in [7, 11) is 5.30. The molecule has 46 valence electrons. The predicted molar refractivity (Wildman–Crippen MR) is 34.7 cm³/mol. The van der Waals surface area contributed by atoms with Crippen molar-refractivity contribution in [3.8, 4) is 0 Å². The van der Waals surface area contributed by atoms with E-state index in [-0.39, 0.29) is 6.61 Å². The summed E-state index contributed by atoms with van der Waals surface area (Å²) in [6.45, 7) is 0.609. The second kappa shape index (κ2) is 2.68. The molecule has 0 unspecified atom stereocenters. The minimum atomic E-state index is 0.0983. The summed E-state index contributed by atoms with van der Waals surface area (Å²) >= 11 is 0. The molecule has 2 radical (unpaired) electrons. The van der Waals surface area contributed by atoms with Gasteiger partial charge in [-0.3, -0.25) is 4.68 Å². The molecule has 1 aromatic heterocycles. The molecule has 3 nitrogen and oxygen atoms in total. The number of rotatable bonds is 2. The molecule has 1 rings (SSSR count). The molecule has 0 saturated carbocycles. The largest absolute Gasteiger partial charge is 0.394 e.